The molecule has 7 nitrogen and oxygen atoms in total. The first-order chi connectivity index (χ1) is 18.2. The van der Waals surface area contributed by atoms with E-state index in [-0.39, 0.29) is 12.1 Å². The second-order valence-electron chi connectivity index (χ2n) is 9.18. The third-order valence-electron chi connectivity index (χ3n) is 6.74. The number of anilines is 1. The van der Waals surface area contributed by atoms with E-state index in [0.717, 1.165) is 28.8 Å². The van der Waals surface area contributed by atoms with Gasteiger partial charge in [-0.25, -0.2) is 18.4 Å². The number of aromatic nitrogens is 5. The first-order valence-electron chi connectivity index (χ1n) is 11.8. The summed E-state index contributed by atoms with van der Waals surface area (Å²) >= 11 is 12.6. The molecule has 0 bridgehead atoms. The van der Waals surface area contributed by atoms with Gasteiger partial charge in [0.05, 0.1) is 17.6 Å². The van der Waals surface area contributed by atoms with Gasteiger partial charge < -0.3 is 10.4 Å². The SMILES string of the molecule is Cc1c2cc(NCc3ccc(Cl)cc3)cc(Cl)c2nn1[C@H](C)[C@](O)(Cn1cncn1)c1ccc(F)cc1F. The van der Waals surface area contributed by atoms with Crippen LogP contribution in [0.25, 0.3) is 10.9 Å². The lowest BCUT2D eigenvalue weighted by Gasteiger charge is -2.35. The maximum atomic E-state index is 15.0. The molecule has 0 aliphatic carbocycles. The average Bonchev–Trinajstić information content (AvgIpc) is 3.51. The number of benzene rings is 3. The number of nitrogens with one attached hydrogen (secondary N) is 1. The largest absolute Gasteiger partial charge is 0.381 e. The van der Waals surface area contributed by atoms with Crippen LogP contribution in [0.5, 0.6) is 0 Å². The highest BCUT2D eigenvalue weighted by Gasteiger charge is 2.41. The van der Waals surface area contributed by atoms with Crippen molar-refractivity contribution in [2.45, 2.75) is 38.6 Å². The van der Waals surface area contributed by atoms with E-state index < -0.39 is 23.3 Å². The zero-order valence-electron chi connectivity index (χ0n) is 20.5. The molecular formula is C27H24Cl2F2N6O. The van der Waals surface area contributed by atoms with E-state index in [4.69, 9.17) is 23.2 Å². The van der Waals surface area contributed by atoms with Crippen molar-refractivity contribution in [3.05, 3.63) is 106 Å². The van der Waals surface area contributed by atoms with Gasteiger partial charge in [0.15, 0.2) is 0 Å². The third kappa shape index (κ3) is 4.97. The lowest BCUT2D eigenvalue weighted by molar-refractivity contribution is -0.0372. The van der Waals surface area contributed by atoms with E-state index in [1.165, 1.54) is 23.4 Å². The molecule has 0 spiro atoms. The molecule has 5 aromatic rings. The van der Waals surface area contributed by atoms with Crippen LogP contribution in [0.3, 0.4) is 0 Å². The fourth-order valence-electron chi connectivity index (χ4n) is 4.61. The first-order valence-corrected chi connectivity index (χ1v) is 12.6. The van der Waals surface area contributed by atoms with E-state index in [2.05, 4.69) is 20.5 Å². The predicted octanol–water partition coefficient (Wildman–Crippen LogP) is 6.28. The summed E-state index contributed by atoms with van der Waals surface area (Å²) in [7, 11) is 0. The molecule has 0 saturated heterocycles. The van der Waals surface area contributed by atoms with E-state index >= 15 is 4.39 Å². The quantitative estimate of drug-likeness (QED) is 0.235. The van der Waals surface area contributed by atoms with Gasteiger partial charge in [0.25, 0.3) is 0 Å². The van der Waals surface area contributed by atoms with Crippen molar-refractivity contribution in [3.63, 3.8) is 0 Å². The van der Waals surface area contributed by atoms with Crippen LogP contribution >= 0.6 is 23.2 Å². The summed E-state index contributed by atoms with van der Waals surface area (Å²) < 4.78 is 31.7. The van der Waals surface area contributed by atoms with Crippen LogP contribution in [0.15, 0.2) is 67.3 Å². The van der Waals surface area contributed by atoms with Gasteiger partial charge >= 0.3 is 0 Å². The topological polar surface area (TPSA) is 80.8 Å². The van der Waals surface area contributed by atoms with Crippen molar-refractivity contribution in [3.8, 4) is 0 Å². The number of hydrogen-bond acceptors (Lipinski definition) is 5. The molecule has 0 aliphatic rings. The Morgan fingerprint density at radius 1 is 1.08 bits per heavy atom. The number of fused-ring (bicyclic) bond motifs is 1. The zero-order valence-corrected chi connectivity index (χ0v) is 22.0. The molecule has 5 rings (SSSR count). The lowest BCUT2D eigenvalue weighted by Crippen LogP contribution is -2.41. The molecule has 0 amide bonds. The van der Waals surface area contributed by atoms with Crippen molar-refractivity contribution in [1.82, 2.24) is 24.5 Å². The molecule has 0 radical (unpaired) electrons. The van der Waals surface area contributed by atoms with E-state index in [1.807, 2.05) is 37.3 Å². The molecule has 38 heavy (non-hydrogen) atoms. The smallest absolute Gasteiger partial charge is 0.137 e. The Labute approximate surface area is 227 Å². The minimum Gasteiger partial charge on any atom is -0.381 e. The van der Waals surface area contributed by atoms with Gasteiger partial charge in [-0.2, -0.15) is 10.2 Å². The lowest BCUT2D eigenvalue weighted by atomic mass is 9.86. The van der Waals surface area contributed by atoms with Crippen LogP contribution in [-0.4, -0.2) is 29.7 Å². The molecule has 2 aromatic heterocycles. The maximum absolute atomic E-state index is 15.0. The van der Waals surface area contributed by atoms with Gasteiger partial charge in [-0.3, -0.25) is 4.68 Å². The molecule has 0 fully saturated rings. The molecule has 196 valence electrons. The Bertz CT molecular complexity index is 1590. The van der Waals surface area contributed by atoms with Crippen molar-refractivity contribution < 1.29 is 13.9 Å². The fourth-order valence-corrected chi connectivity index (χ4v) is 5.00. The number of nitrogens with zero attached hydrogens (tertiary/aromatic N) is 5. The fraction of sp³-hybridized carbons (Fsp3) is 0.222. The normalized spacial score (nSPS) is 14.0. The van der Waals surface area contributed by atoms with E-state index in [0.29, 0.717) is 27.8 Å². The Morgan fingerprint density at radius 3 is 2.53 bits per heavy atom. The Morgan fingerprint density at radius 2 is 1.84 bits per heavy atom. The monoisotopic (exact) mass is 556 g/mol. The molecular weight excluding hydrogens is 533 g/mol. The summed E-state index contributed by atoms with van der Waals surface area (Å²) in [6.07, 6.45) is 2.74. The van der Waals surface area contributed by atoms with Crippen molar-refractivity contribution in [2.75, 3.05) is 5.32 Å². The molecule has 0 unspecified atom stereocenters. The number of aryl methyl sites for hydroxylation is 1. The Kier molecular flexibility index (Phi) is 7.09. The summed E-state index contributed by atoms with van der Waals surface area (Å²) in [5.41, 5.74) is 1.14. The predicted molar refractivity (Wildman–Crippen MR) is 143 cm³/mol. The molecule has 2 N–H and O–H groups in total. The zero-order chi connectivity index (χ0) is 27.0. The summed E-state index contributed by atoms with van der Waals surface area (Å²) in [5, 5.41) is 26.0. The standard InChI is InChI=1S/C27H24Cl2F2N6O/c1-16-22-10-21(33-12-18-3-5-19(28)6-4-18)11-24(29)26(22)35-37(16)17(2)27(38,13-36-15-32-14-34-36)23-8-7-20(30)9-25(23)31/h3-11,14-15,17,33,38H,12-13H2,1-2H3/t17-,27-/m1/s1. The highest BCUT2D eigenvalue weighted by molar-refractivity contribution is 6.35. The second kappa shape index (κ2) is 10.3. The van der Waals surface area contributed by atoms with Crippen molar-refractivity contribution in [2.24, 2.45) is 0 Å². The number of aliphatic hydroxyl groups is 1. The molecule has 0 aliphatic heterocycles. The van der Waals surface area contributed by atoms with E-state index in [1.54, 1.807) is 17.7 Å². The summed E-state index contributed by atoms with van der Waals surface area (Å²) in [5.74, 6) is -1.62. The van der Waals surface area contributed by atoms with Crippen molar-refractivity contribution in [1.29, 1.82) is 0 Å². The van der Waals surface area contributed by atoms with Crippen LogP contribution in [0, 0.1) is 18.6 Å². The van der Waals surface area contributed by atoms with Gasteiger partial charge in [0.1, 0.15) is 35.4 Å². The molecule has 2 atom stereocenters. The molecule has 2 heterocycles. The van der Waals surface area contributed by atoms with Crippen LogP contribution in [0.2, 0.25) is 10.0 Å². The van der Waals surface area contributed by atoms with Gasteiger partial charge in [-0.15, -0.1) is 0 Å². The number of halogens is 4. The first kappa shape index (κ1) is 26.1. The highest BCUT2D eigenvalue weighted by Crippen LogP contribution is 2.39. The Hall–Kier alpha value is -3.53. The van der Waals surface area contributed by atoms with Crippen LogP contribution in [0.1, 0.15) is 29.8 Å². The minimum atomic E-state index is -1.86. The van der Waals surface area contributed by atoms with Gasteiger partial charge in [0, 0.05) is 40.0 Å². The second-order valence-corrected chi connectivity index (χ2v) is 10.0. The summed E-state index contributed by atoms with van der Waals surface area (Å²) in [6.45, 7) is 3.98. The highest BCUT2D eigenvalue weighted by atomic mass is 35.5. The van der Waals surface area contributed by atoms with Gasteiger partial charge in [-0.05, 0) is 49.7 Å². The Balaban J connectivity index is 1.53. The van der Waals surface area contributed by atoms with Crippen molar-refractivity contribution >= 4 is 39.8 Å². The molecule has 0 saturated carbocycles. The van der Waals surface area contributed by atoms with Crippen LogP contribution < -0.4 is 5.32 Å². The van der Waals surface area contributed by atoms with Crippen LogP contribution in [0.4, 0.5) is 14.5 Å². The molecule has 11 heteroatoms. The average molecular weight is 557 g/mol. The summed E-state index contributed by atoms with van der Waals surface area (Å²) in [6, 6.07) is 13.5. The summed E-state index contributed by atoms with van der Waals surface area (Å²) in [4.78, 5) is 3.92. The minimum absolute atomic E-state index is 0.0859. The number of hydrogen-bond donors (Lipinski definition) is 2. The van der Waals surface area contributed by atoms with Gasteiger partial charge in [0.2, 0.25) is 0 Å². The van der Waals surface area contributed by atoms with Crippen LogP contribution in [-0.2, 0) is 18.7 Å². The maximum Gasteiger partial charge on any atom is 0.137 e. The number of rotatable bonds is 8. The third-order valence-corrected chi connectivity index (χ3v) is 7.28. The van der Waals surface area contributed by atoms with E-state index in [9.17, 15) is 9.50 Å². The molecule has 3 aromatic carbocycles. The van der Waals surface area contributed by atoms with Gasteiger partial charge in [-0.1, -0.05) is 41.4 Å².